The van der Waals surface area contributed by atoms with Crippen molar-refractivity contribution >= 4 is 5.97 Å². The molecule has 0 aromatic rings. The van der Waals surface area contributed by atoms with E-state index in [0.29, 0.717) is 0 Å². The second kappa shape index (κ2) is 49.5. The average Bonchev–Trinajstić information content (AvgIpc) is 3.17. The Bertz CT molecular complexity index is 694. The Kier molecular flexibility index (Phi) is 48.1. The zero-order valence-electron chi connectivity index (χ0n) is 38.2. The maximum Gasteiger partial charge on any atom is 0.304 e. The van der Waals surface area contributed by atoms with Crippen LogP contribution in [0, 0.1) is 0 Å². The zero-order chi connectivity index (χ0) is 40.5. The van der Waals surface area contributed by atoms with Gasteiger partial charge < -0.3 is 9.47 Å². The molecular weight excluding hydrogens is 685 g/mol. The molecule has 3 heteroatoms. The minimum Gasteiger partial charge on any atom is -0.436 e. The zero-order valence-corrected chi connectivity index (χ0v) is 38.2. The standard InChI is InChI=1S/4C12H22.C5H10O3/c4*1-2-4-6-8-10-12-11-9-7-5-3-1;1-4(6)8-5(2)7-3/h4*1-2H,3-12H2;5H,1-3H3/b4*2-1+;. The summed E-state index contributed by atoms with van der Waals surface area (Å²) in [6.07, 6.45) is 75.6. The molecule has 56 heavy (non-hydrogen) atoms. The highest BCUT2D eigenvalue weighted by atomic mass is 16.7. The van der Waals surface area contributed by atoms with Gasteiger partial charge in [0.05, 0.1) is 0 Å². The first kappa shape index (κ1) is 54.4. The summed E-state index contributed by atoms with van der Waals surface area (Å²) in [5.41, 5.74) is 0. The van der Waals surface area contributed by atoms with E-state index >= 15 is 0 Å². The van der Waals surface area contributed by atoms with Crippen molar-refractivity contribution in [1.29, 1.82) is 0 Å². The predicted molar refractivity (Wildman–Crippen MR) is 249 cm³/mol. The smallest absolute Gasteiger partial charge is 0.304 e. The van der Waals surface area contributed by atoms with Crippen molar-refractivity contribution in [2.45, 2.75) is 277 Å². The second-order valence-corrected chi connectivity index (χ2v) is 16.9. The monoisotopic (exact) mass is 783 g/mol. The van der Waals surface area contributed by atoms with Crippen LogP contribution in [0.2, 0.25) is 0 Å². The van der Waals surface area contributed by atoms with Gasteiger partial charge in [0.2, 0.25) is 0 Å². The minimum atomic E-state index is -0.424. The quantitative estimate of drug-likeness (QED) is 0.159. The van der Waals surface area contributed by atoms with Crippen LogP contribution in [0.1, 0.15) is 271 Å². The first-order chi connectivity index (χ1) is 27.7. The molecule has 0 saturated carbocycles. The van der Waals surface area contributed by atoms with Crippen LogP contribution in [0.3, 0.4) is 0 Å². The summed E-state index contributed by atoms with van der Waals surface area (Å²) in [6.45, 7) is 3.00. The highest BCUT2D eigenvalue weighted by Crippen LogP contribution is 2.16. The normalized spacial score (nSPS) is 23.6. The van der Waals surface area contributed by atoms with Crippen molar-refractivity contribution in [2.24, 2.45) is 0 Å². The summed E-state index contributed by atoms with van der Waals surface area (Å²) in [4.78, 5) is 10.1. The van der Waals surface area contributed by atoms with E-state index in [9.17, 15) is 4.79 Å². The molecule has 4 aliphatic rings. The van der Waals surface area contributed by atoms with E-state index in [-0.39, 0.29) is 5.97 Å². The summed E-state index contributed by atoms with van der Waals surface area (Å²) in [7, 11) is 1.48. The first-order valence-electron chi connectivity index (χ1n) is 25.0. The lowest BCUT2D eigenvalue weighted by Gasteiger charge is -2.07. The number of carbonyl (C=O) groups is 1. The molecule has 0 saturated heterocycles. The number of carbonyl (C=O) groups excluding carboxylic acids is 1. The Morgan fingerprint density at radius 2 is 0.464 bits per heavy atom. The summed E-state index contributed by atoms with van der Waals surface area (Å²) in [5.74, 6) is -0.320. The molecule has 0 radical (unpaired) electrons. The number of ether oxygens (including phenoxy) is 2. The molecule has 0 bridgehead atoms. The molecular formula is C53H98O3. The lowest BCUT2D eigenvalue weighted by molar-refractivity contribution is -0.166. The van der Waals surface area contributed by atoms with E-state index in [4.69, 9.17) is 0 Å². The summed E-state index contributed by atoms with van der Waals surface area (Å²) in [6, 6.07) is 0. The molecule has 0 spiro atoms. The Morgan fingerprint density at radius 1 is 0.321 bits per heavy atom. The fourth-order valence-corrected chi connectivity index (χ4v) is 7.56. The van der Waals surface area contributed by atoms with Gasteiger partial charge in [-0.25, -0.2) is 0 Å². The van der Waals surface area contributed by atoms with E-state index in [2.05, 4.69) is 58.1 Å². The number of allylic oxidation sites excluding steroid dienone is 8. The lowest BCUT2D eigenvalue weighted by Crippen LogP contribution is -2.13. The average molecular weight is 783 g/mol. The molecule has 4 aliphatic carbocycles. The van der Waals surface area contributed by atoms with Crippen molar-refractivity contribution in [3.8, 4) is 0 Å². The van der Waals surface area contributed by atoms with Crippen LogP contribution in [0.15, 0.2) is 48.6 Å². The predicted octanol–water partition coefficient (Wildman–Crippen LogP) is 18.4. The van der Waals surface area contributed by atoms with Crippen molar-refractivity contribution in [3.63, 3.8) is 0 Å². The van der Waals surface area contributed by atoms with Crippen LogP contribution in [-0.4, -0.2) is 19.4 Å². The van der Waals surface area contributed by atoms with Crippen LogP contribution >= 0.6 is 0 Å². The van der Waals surface area contributed by atoms with Gasteiger partial charge in [0.1, 0.15) is 0 Å². The summed E-state index contributed by atoms with van der Waals surface area (Å²) >= 11 is 0. The number of esters is 1. The first-order valence-corrected chi connectivity index (χ1v) is 25.0. The van der Waals surface area contributed by atoms with Crippen molar-refractivity contribution in [1.82, 2.24) is 0 Å². The fraction of sp³-hybridized carbons (Fsp3) is 0.830. The molecule has 1 unspecified atom stereocenters. The number of hydrogen-bond acceptors (Lipinski definition) is 3. The van der Waals surface area contributed by atoms with Gasteiger partial charge in [0, 0.05) is 14.0 Å². The number of hydrogen-bond donors (Lipinski definition) is 0. The molecule has 1 atom stereocenters. The Labute approximate surface area is 351 Å². The van der Waals surface area contributed by atoms with Crippen LogP contribution in [-0.2, 0) is 14.3 Å². The molecule has 0 amide bonds. The van der Waals surface area contributed by atoms with Gasteiger partial charge in [-0.3, -0.25) is 4.79 Å². The fourth-order valence-electron chi connectivity index (χ4n) is 7.56. The second-order valence-electron chi connectivity index (χ2n) is 16.9. The Morgan fingerprint density at radius 3 is 0.571 bits per heavy atom. The van der Waals surface area contributed by atoms with Gasteiger partial charge in [-0.15, -0.1) is 0 Å². The van der Waals surface area contributed by atoms with Crippen LogP contribution in [0.4, 0.5) is 0 Å². The van der Waals surface area contributed by atoms with Gasteiger partial charge in [0.15, 0.2) is 6.29 Å². The maximum absolute atomic E-state index is 10.1. The minimum absolute atomic E-state index is 0.320. The third-order valence-electron chi connectivity index (χ3n) is 11.3. The van der Waals surface area contributed by atoms with E-state index in [1.165, 1.54) is 271 Å². The van der Waals surface area contributed by atoms with Gasteiger partial charge >= 0.3 is 5.97 Å². The molecule has 0 aromatic carbocycles. The van der Waals surface area contributed by atoms with E-state index < -0.39 is 6.29 Å². The number of rotatable bonds is 2. The molecule has 3 nitrogen and oxygen atoms in total. The van der Waals surface area contributed by atoms with E-state index in [0.717, 1.165) is 0 Å². The molecule has 0 aliphatic heterocycles. The summed E-state index contributed by atoms with van der Waals surface area (Å²) in [5, 5.41) is 0. The largest absolute Gasteiger partial charge is 0.436 e. The third-order valence-corrected chi connectivity index (χ3v) is 11.3. The highest BCUT2D eigenvalue weighted by Gasteiger charge is 2.00. The Hall–Kier alpha value is -1.61. The third kappa shape index (κ3) is 50.4. The van der Waals surface area contributed by atoms with Crippen LogP contribution in [0.5, 0.6) is 0 Å². The van der Waals surface area contributed by atoms with Crippen LogP contribution in [0.25, 0.3) is 0 Å². The topological polar surface area (TPSA) is 35.5 Å². The SMILES string of the molecule is C1=C/CCCCCCCCCC/1.C1=C/CCCCCCCCCC/1.C1=C/CCCCCCCCCC/1.C1=C/CCCCCCCCCC/1.COC(C)OC(C)=O. The molecule has 0 heterocycles. The van der Waals surface area contributed by atoms with Crippen molar-refractivity contribution in [2.75, 3.05) is 7.11 Å². The number of methoxy groups -OCH3 is 1. The van der Waals surface area contributed by atoms with Gasteiger partial charge in [-0.1, -0.05) is 203 Å². The van der Waals surface area contributed by atoms with Gasteiger partial charge in [-0.2, -0.15) is 0 Å². The molecule has 0 aromatic heterocycles. The van der Waals surface area contributed by atoms with E-state index in [1.54, 1.807) is 6.92 Å². The molecule has 0 fully saturated rings. The highest BCUT2D eigenvalue weighted by molar-refractivity contribution is 5.65. The van der Waals surface area contributed by atoms with Crippen LogP contribution < -0.4 is 0 Å². The molecule has 328 valence electrons. The Balaban J connectivity index is 0.000000680. The molecule has 4 rings (SSSR count). The maximum atomic E-state index is 10.1. The van der Waals surface area contributed by atoms with Gasteiger partial charge in [-0.05, 0) is 110 Å². The summed E-state index contributed by atoms with van der Waals surface area (Å²) < 4.78 is 9.16. The van der Waals surface area contributed by atoms with Gasteiger partial charge in [0.25, 0.3) is 0 Å². The van der Waals surface area contributed by atoms with Crippen molar-refractivity contribution < 1.29 is 14.3 Å². The molecule has 0 N–H and O–H groups in total. The van der Waals surface area contributed by atoms with E-state index in [1.807, 2.05) is 0 Å². The lowest BCUT2D eigenvalue weighted by atomic mass is 10.0. The van der Waals surface area contributed by atoms with Crippen molar-refractivity contribution in [3.05, 3.63) is 48.6 Å².